The van der Waals surface area contributed by atoms with Gasteiger partial charge >= 0.3 is 5.97 Å². The van der Waals surface area contributed by atoms with Gasteiger partial charge in [-0.25, -0.2) is 0 Å². The number of carbonyl (C=O) groups excluding carboxylic acids is 2. The van der Waals surface area contributed by atoms with E-state index in [9.17, 15) is 24.7 Å². The predicted molar refractivity (Wildman–Crippen MR) is 171 cm³/mol. The van der Waals surface area contributed by atoms with E-state index in [0.29, 0.717) is 30.3 Å². The number of carboxylic acids is 1. The van der Waals surface area contributed by atoms with E-state index in [1.807, 2.05) is 58.0 Å². The number of amides is 2. The zero-order chi connectivity index (χ0) is 31.7. The van der Waals surface area contributed by atoms with Crippen molar-refractivity contribution in [2.24, 2.45) is 0 Å². The second kappa shape index (κ2) is 15.8. The number of anilines is 2. The fourth-order valence-corrected chi connectivity index (χ4v) is 6.15. The molecule has 0 spiro atoms. The molecule has 0 aliphatic carbocycles. The summed E-state index contributed by atoms with van der Waals surface area (Å²) in [5.41, 5.74) is 3.54. The van der Waals surface area contributed by atoms with Gasteiger partial charge in [0.1, 0.15) is 12.1 Å². The number of ether oxygens (including phenoxy) is 1. The molecular weight excluding hydrogens is 616 g/mol. The van der Waals surface area contributed by atoms with Gasteiger partial charge in [-0.05, 0) is 94.8 Å². The van der Waals surface area contributed by atoms with Crippen LogP contribution in [-0.2, 0) is 19.1 Å². The van der Waals surface area contributed by atoms with E-state index in [1.165, 1.54) is 6.92 Å². The van der Waals surface area contributed by atoms with Gasteiger partial charge in [0.25, 0.3) is 0 Å². The molecule has 2 atom stereocenters. The molecule has 4 N–H and O–H groups in total. The topological polar surface area (TPSA) is 131 Å². The lowest BCUT2D eigenvalue weighted by atomic mass is 9.98. The summed E-state index contributed by atoms with van der Waals surface area (Å²) in [6.45, 7) is 10.5. The standard InChI is InChI=1S/C32H45BrN4O6/c1-21-10-8-11-22(2)28(21)35-30(39)26-12-6-7-14-36(26)15-9-16-43-17-13-32(5,31(40)41)37(42)20-27(38)34-29-23(3)18-25(33)19-24(29)4/h8,10-11,18-19,26,42H,6-7,9,12-17,20H2,1-5H3,(H,34,38)(H,35,39)(H,40,41). The lowest BCUT2D eigenvalue weighted by molar-refractivity contribution is -0.197. The number of aliphatic carboxylic acids is 1. The SMILES string of the molecule is Cc1cc(Br)cc(C)c1NC(=O)CN(O)C(C)(CCOCCCN1CCCCC1C(=O)Nc1c(C)cccc1C)C(=O)O. The first-order valence-corrected chi connectivity index (χ1v) is 15.6. The second-order valence-corrected chi connectivity index (χ2v) is 12.5. The van der Waals surface area contributed by atoms with Crippen LogP contribution in [0.1, 0.15) is 61.3 Å². The summed E-state index contributed by atoms with van der Waals surface area (Å²) in [4.78, 5) is 40.2. The van der Waals surface area contributed by atoms with Gasteiger partial charge in [0.15, 0.2) is 0 Å². The molecule has 2 aromatic rings. The Kier molecular flexibility index (Phi) is 12.7. The number of nitrogens with one attached hydrogen (secondary N) is 2. The van der Waals surface area contributed by atoms with Gasteiger partial charge in [-0.3, -0.25) is 19.3 Å². The molecule has 0 saturated carbocycles. The Hall–Kier alpha value is -2.83. The van der Waals surface area contributed by atoms with E-state index in [1.54, 1.807) is 0 Å². The van der Waals surface area contributed by atoms with Gasteiger partial charge in [-0.15, -0.1) is 0 Å². The van der Waals surface area contributed by atoms with Crippen molar-refractivity contribution in [2.45, 2.75) is 78.3 Å². The zero-order valence-corrected chi connectivity index (χ0v) is 27.4. The fourth-order valence-electron chi connectivity index (χ4n) is 5.46. The van der Waals surface area contributed by atoms with Crippen LogP contribution in [-0.4, -0.2) is 82.5 Å². The van der Waals surface area contributed by atoms with Crippen LogP contribution in [0.15, 0.2) is 34.8 Å². The highest BCUT2D eigenvalue weighted by Gasteiger charge is 2.40. The molecule has 11 heteroatoms. The number of benzene rings is 2. The molecule has 1 saturated heterocycles. The number of halogens is 1. The predicted octanol–water partition coefficient (Wildman–Crippen LogP) is 5.45. The summed E-state index contributed by atoms with van der Waals surface area (Å²) in [5, 5.41) is 27.0. The van der Waals surface area contributed by atoms with Crippen LogP contribution in [0.3, 0.4) is 0 Å². The Labute approximate surface area is 262 Å². The van der Waals surface area contributed by atoms with Gasteiger partial charge in [0.2, 0.25) is 11.8 Å². The zero-order valence-electron chi connectivity index (χ0n) is 25.8. The minimum atomic E-state index is -1.72. The summed E-state index contributed by atoms with van der Waals surface area (Å²) < 4.78 is 6.64. The van der Waals surface area contributed by atoms with Gasteiger partial charge in [0.05, 0.1) is 6.04 Å². The van der Waals surface area contributed by atoms with Crippen LogP contribution in [0, 0.1) is 27.7 Å². The highest BCUT2D eigenvalue weighted by atomic mass is 79.9. The third-order valence-corrected chi connectivity index (χ3v) is 8.66. The maximum atomic E-state index is 13.2. The molecular formula is C32H45BrN4O6. The number of piperidine rings is 1. The number of hydrogen-bond donors (Lipinski definition) is 4. The van der Waals surface area contributed by atoms with Crippen molar-refractivity contribution in [3.8, 4) is 0 Å². The van der Waals surface area contributed by atoms with E-state index in [0.717, 1.165) is 58.2 Å². The number of carboxylic acid groups (broad SMARTS) is 1. The minimum Gasteiger partial charge on any atom is -0.480 e. The van der Waals surface area contributed by atoms with Crippen LogP contribution >= 0.6 is 15.9 Å². The molecule has 1 heterocycles. The fraction of sp³-hybridized carbons (Fsp3) is 0.531. The molecule has 1 fully saturated rings. The van der Waals surface area contributed by atoms with Crippen molar-refractivity contribution in [1.82, 2.24) is 9.96 Å². The number of rotatable bonds is 14. The van der Waals surface area contributed by atoms with Crippen molar-refractivity contribution in [3.63, 3.8) is 0 Å². The smallest absolute Gasteiger partial charge is 0.326 e. The average Bonchev–Trinajstić information content (AvgIpc) is 2.94. The normalized spacial score (nSPS) is 17.0. The van der Waals surface area contributed by atoms with E-state index in [2.05, 4.69) is 31.5 Å². The van der Waals surface area contributed by atoms with Crippen molar-refractivity contribution in [1.29, 1.82) is 0 Å². The number of aryl methyl sites for hydroxylation is 4. The number of carbonyl (C=O) groups is 3. The number of hydroxylamine groups is 2. The number of hydrogen-bond acceptors (Lipinski definition) is 7. The molecule has 1 aliphatic heterocycles. The Morgan fingerprint density at radius 3 is 2.28 bits per heavy atom. The summed E-state index contributed by atoms with van der Waals surface area (Å²) in [6.07, 6.45) is 3.49. The Morgan fingerprint density at radius 2 is 1.65 bits per heavy atom. The van der Waals surface area contributed by atoms with Crippen LogP contribution in [0.25, 0.3) is 0 Å². The lowest BCUT2D eigenvalue weighted by Crippen LogP contribution is -2.53. The van der Waals surface area contributed by atoms with Crippen LogP contribution in [0.4, 0.5) is 11.4 Å². The number of nitrogens with zero attached hydrogens (tertiary/aromatic N) is 2. The molecule has 0 aromatic heterocycles. The van der Waals surface area contributed by atoms with Crippen molar-refractivity contribution >= 4 is 45.1 Å². The van der Waals surface area contributed by atoms with Gasteiger partial charge in [-0.2, -0.15) is 5.06 Å². The molecule has 10 nitrogen and oxygen atoms in total. The largest absolute Gasteiger partial charge is 0.480 e. The summed E-state index contributed by atoms with van der Waals surface area (Å²) in [5.74, 6) is -1.77. The lowest BCUT2D eigenvalue weighted by Gasteiger charge is -2.35. The molecule has 0 radical (unpaired) electrons. The first-order chi connectivity index (χ1) is 20.3. The maximum Gasteiger partial charge on any atom is 0.326 e. The Balaban J connectivity index is 1.46. The summed E-state index contributed by atoms with van der Waals surface area (Å²) in [6, 6.07) is 9.49. The van der Waals surface area contributed by atoms with Crippen molar-refractivity contribution < 1.29 is 29.4 Å². The summed E-state index contributed by atoms with van der Waals surface area (Å²) >= 11 is 3.42. The highest BCUT2D eigenvalue weighted by molar-refractivity contribution is 9.10. The highest BCUT2D eigenvalue weighted by Crippen LogP contribution is 2.26. The van der Waals surface area contributed by atoms with Gasteiger partial charge in [-0.1, -0.05) is 40.5 Å². The van der Waals surface area contributed by atoms with Crippen LogP contribution < -0.4 is 10.6 Å². The molecule has 0 bridgehead atoms. The second-order valence-electron chi connectivity index (χ2n) is 11.6. The van der Waals surface area contributed by atoms with E-state index >= 15 is 0 Å². The number of likely N-dealkylation sites (tertiary alicyclic amines) is 1. The van der Waals surface area contributed by atoms with E-state index in [4.69, 9.17) is 4.74 Å². The number of para-hydroxylation sites is 1. The minimum absolute atomic E-state index is 0.00720. The molecule has 2 aromatic carbocycles. The van der Waals surface area contributed by atoms with Crippen molar-refractivity contribution in [2.75, 3.05) is 43.5 Å². The first kappa shape index (κ1) is 34.7. The average molecular weight is 662 g/mol. The molecule has 236 valence electrons. The molecule has 3 rings (SSSR count). The third-order valence-electron chi connectivity index (χ3n) is 8.20. The van der Waals surface area contributed by atoms with E-state index < -0.39 is 24.0 Å². The monoisotopic (exact) mass is 660 g/mol. The molecule has 2 amide bonds. The first-order valence-electron chi connectivity index (χ1n) is 14.8. The van der Waals surface area contributed by atoms with Crippen LogP contribution in [0.5, 0.6) is 0 Å². The Morgan fingerprint density at radius 1 is 1.02 bits per heavy atom. The third kappa shape index (κ3) is 9.33. The van der Waals surface area contributed by atoms with Crippen LogP contribution in [0.2, 0.25) is 0 Å². The van der Waals surface area contributed by atoms with Crippen molar-refractivity contribution in [3.05, 3.63) is 57.1 Å². The Bertz CT molecular complexity index is 1260. The summed E-state index contributed by atoms with van der Waals surface area (Å²) in [7, 11) is 0. The molecule has 2 unspecified atom stereocenters. The maximum absolute atomic E-state index is 13.2. The molecule has 43 heavy (non-hydrogen) atoms. The quantitative estimate of drug-likeness (QED) is 0.156. The van der Waals surface area contributed by atoms with Gasteiger partial charge in [0, 0.05) is 42.0 Å². The van der Waals surface area contributed by atoms with Gasteiger partial charge < -0.3 is 25.7 Å². The van der Waals surface area contributed by atoms with E-state index in [-0.39, 0.29) is 25.0 Å². The molecule has 1 aliphatic rings.